The molecule has 3 nitrogen and oxygen atoms in total. The summed E-state index contributed by atoms with van der Waals surface area (Å²) in [6.07, 6.45) is 0.821. The van der Waals surface area contributed by atoms with E-state index in [1.165, 1.54) is 0 Å². The van der Waals surface area contributed by atoms with Crippen LogP contribution in [-0.4, -0.2) is 16.3 Å². The monoisotopic (exact) mass is 279 g/mol. The van der Waals surface area contributed by atoms with Gasteiger partial charge in [-0.1, -0.05) is 28.1 Å². The van der Waals surface area contributed by atoms with Crippen LogP contribution in [0.25, 0.3) is 11.3 Å². The second-order valence-electron chi connectivity index (χ2n) is 3.69. The van der Waals surface area contributed by atoms with E-state index in [1.54, 1.807) is 0 Å². The summed E-state index contributed by atoms with van der Waals surface area (Å²) in [6, 6.07) is 10.3. The summed E-state index contributed by atoms with van der Waals surface area (Å²) in [7, 11) is 1.95. The highest BCUT2D eigenvalue weighted by Crippen LogP contribution is 2.23. The summed E-state index contributed by atoms with van der Waals surface area (Å²) in [4.78, 5) is 0. The molecule has 16 heavy (non-hydrogen) atoms. The third-order valence-corrected chi connectivity index (χ3v) is 2.94. The molecule has 0 spiro atoms. The van der Waals surface area contributed by atoms with E-state index in [2.05, 4.69) is 39.2 Å². The zero-order chi connectivity index (χ0) is 11.5. The van der Waals surface area contributed by atoms with E-state index in [1.807, 2.05) is 23.9 Å². The van der Waals surface area contributed by atoms with E-state index in [0.717, 1.165) is 27.8 Å². The molecule has 0 aliphatic rings. The lowest BCUT2D eigenvalue weighted by Gasteiger charge is -2.01. The average molecular weight is 280 g/mol. The summed E-state index contributed by atoms with van der Waals surface area (Å²) < 4.78 is 2.97. The van der Waals surface area contributed by atoms with Crippen LogP contribution in [0.4, 0.5) is 0 Å². The van der Waals surface area contributed by atoms with Gasteiger partial charge >= 0.3 is 0 Å². The van der Waals surface area contributed by atoms with Gasteiger partial charge < -0.3 is 5.73 Å². The average Bonchev–Trinajstić information content (AvgIpc) is 2.60. The first kappa shape index (κ1) is 11.4. The number of nitrogens with zero attached hydrogens (tertiary/aromatic N) is 2. The van der Waals surface area contributed by atoms with Gasteiger partial charge in [-0.3, -0.25) is 4.68 Å². The molecule has 2 aromatic rings. The number of hydrogen-bond acceptors (Lipinski definition) is 2. The third kappa shape index (κ3) is 2.33. The van der Waals surface area contributed by atoms with Gasteiger partial charge in [-0.25, -0.2) is 0 Å². The molecule has 0 unspecified atom stereocenters. The van der Waals surface area contributed by atoms with Crippen LogP contribution in [0.15, 0.2) is 34.8 Å². The summed E-state index contributed by atoms with van der Waals surface area (Å²) in [5.74, 6) is 0. The van der Waals surface area contributed by atoms with Crippen LogP contribution in [0, 0.1) is 0 Å². The Labute approximate surface area is 103 Å². The maximum absolute atomic E-state index is 5.53. The van der Waals surface area contributed by atoms with Crippen LogP contribution in [0.1, 0.15) is 5.69 Å². The van der Waals surface area contributed by atoms with E-state index in [-0.39, 0.29) is 0 Å². The van der Waals surface area contributed by atoms with Crippen molar-refractivity contribution in [2.24, 2.45) is 12.8 Å². The van der Waals surface area contributed by atoms with Gasteiger partial charge in [-0.2, -0.15) is 5.10 Å². The van der Waals surface area contributed by atoms with E-state index >= 15 is 0 Å². The van der Waals surface area contributed by atoms with Crippen LogP contribution in [-0.2, 0) is 13.5 Å². The minimum Gasteiger partial charge on any atom is -0.330 e. The lowest BCUT2D eigenvalue weighted by Crippen LogP contribution is -2.03. The second-order valence-corrected chi connectivity index (χ2v) is 4.61. The van der Waals surface area contributed by atoms with Crippen molar-refractivity contribution in [3.8, 4) is 11.3 Å². The number of hydrogen-bond donors (Lipinski definition) is 1. The number of aromatic nitrogens is 2. The fourth-order valence-corrected chi connectivity index (χ4v) is 2.11. The molecule has 1 aromatic carbocycles. The van der Waals surface area contributed by atoms with Gasteiger partial charge in [0, 0.05) is 23.5 Å². The van der Waals surface area contributed by atoms with E-state index in [0.29, 0.717) is 6.54 Å². The van der Waals surface area contributed by atoms with Crippen LogP contribution >= 0.6 is 15.9 Å². The van der Waals surface area contributed by atoms with Gasteiger partial charge in [0.1, 0.15) is 0 Å². The van der Waals surface area contributed by atoms with Crippen molar-refractivity contribution in [1.82, 2.24) is 9.78 Å². The Morgan fingerprint density at radius 3 is 2.88 bits per heavy atom. The van der Waals surface area contributed by atoms with Crippen LogP contribution < -0.4 is 5.73 Å². The first-order valence-electron chi connectivity index (χ1n) is 5.19. The highest BCUT2D eigenvalue weighted by atomic mass is 79.9. The molecule has 1 heterocycles. The molecule has 4 heteroatoms. The highest BCUT2D eigenvalue weighted by Gasteiger charge is 2.06. The van der Waals surface area contributed by atoms with E-state index in [4.69, 9.17) is 5.73 Å². The molecule has 0 aliphatic carbocycles. The predicted octanol–water partition coefficient (Wildman–Crippen LogP) is 2.35. The zero-order valence-corrected chi connectivity index (χ0v) is 10.7. The molecule has 1 aromatic heterocycles. The van der Waals surface area contributed by atoms with Gasteiger partial charge in [0.15, 0.2) is 0 Å². The fourth-order valence-electron chi connectivity index (χ4n) is 1.71. The maximum atomic E-state index is 5.53. The number of benzene rings is 1. The molecule has 84 valence electrons. The molecule has 0 amide bonds. The van der Waals surface area contributed by atoms with Crippen molar-refractivity contribution < 1.29 is 0 Å². The molecular formula is C12H14BrN3. The van der Waals surface area contributed by atoms with Crippen LogP contribution in [0.5, 0.6) is 0 Å². The smallest absolute Gasteiger partial charge is 0.0682 e. The first-order chi connectivity index (χ1) is 7.70. The number of rotatable bonds is 3. The lowest BCUT2D eigenvalue weighted by atomic mass is 10.1. The SMILES string of the molecule is Cn1nc(CCN)cc1-c1cccc(Br)c1. The zero-order valence-electron chi connectivity index (χ0n) is 9.15. The Hall–Kier alpha value is -1.13. The molecule has 0 saturated heterocycles. The summed E-state index contributed by atoms with van der Waals surface area (Å²) in [5.41, 5.74) is 8.84. The van der Waals surface area contributed by atoms with Gasteiger partial charge in [-0.15, -0.1) is 0 Å². The van der Waals surface area contributed by atoms with Crippen molar-refractivity contribution >= 4 is 15.9 Å². The van der Waals surface area contributed by atoms with Gasteiger partial charge in [0.25, 0.3) is 0 Å². The highest BCUT2D eigenvalue weighted by molar-refractivity contribution is 9.10. The largest absolute Gasteiger partial charge is 0.330 e. The predicted molar refractivity (Wildman–Crippen MR) is 69.1 cm³/mol. The van der Waals surface area contributed by atoms with E-state index in [9.17, 15) is 0 Å². The molecule has 0 fully saturated rings. The number of halogens is 1. The normalized spacial score (nSPS) is 10.7. The molecule has 2 N–H and O–H groups in total. The van der Waals surface area contributed by atoms with Gasteiger partial charge in [-0.05, 0) is 24.7 Å². The summed E-state index contributed by atoms with van der Waals surface area (Å²) in [6.45, 7) is 0.634. The Morgan fingerprint density at radius 2 is 2.19 bits per heavy atom. The molecule has 0 bridgehead atoms. The van der Waals surface area contributed by atoms with Gasteiger partial charge in [0.2, 0.25) is 0 Å². The molecule has 0 saturated carbocycles. The standard InChI is InChI=1S/C12H14BrN3/c1-16-12(8-11(15-16)5-6-14)9-3-2-4-10(13)7-9/h2-4,7-8H,5-6,14H2,1H3. The van der Waals surface area contributed by atoms with Crippen molar-refractivity contribution in [3.05, 3.63) is 40.5 Å². The third-order valence-electron chi connectivity index (χ3n) is 2.45. The minimum atomic E-state index is 0.634. The molecule has 0 atom stereocenters. The Kier molecular flexibility index (Phi) is 3.41. The summed E-state index contributed by atoms with van der Waals surface area (Å²) in [5, 5.41) is 4.43. The lowest BCUT2D eigenvalue weighted by molar-refractivity contribution is 0.745. The van der Waals surface area contributed by atoms with Crippen molar-refractivity contribution in [1.29, 1.82) is 0 Å². The minimum absolute atomic E-state index is 0.634. The van der Waals surface area contributed by atoms with Crippen LogP contribution in [0.3, 0.4) is 0 Å². The Balaban J connectivity index is 2.40. The van der Waals surface area contributed by atoms with E-state index < -0.39 is 0 Å². The topological polar surface area (TPSA) is 43.8 Å². The van der Waals surface area contributed by atoms with Crippen molar-refractivity contribution in [3.63, 3.8) is 0 Å². The quantitative estimate of drug-likeness (QED) is 0.938. The fraction of sp³-hybridized carbons (Fsp3) is 0.250. The summed E-state index contributed by atoms with van der Waals surface area (Å²) >= 11 is 3.47. The molecular weight excluding hydrogens is 266 g/mol. The number of aryl methyl sites for hydroxylation is 1. The maximum Gasteiger partial charge on any atom is 0.0682 e. The number of nitrogens with two attached hydrogens (primary N) is 1. The molecule has 0 radical (unpaired) electrons. The van der Waals surface area contributed by atoms with Crippen molar-refractivity contribution in [2.75, 3.05) is 6.54 Å². The first-order valence-corrected chi connectivity index (χ1v) is 5.99. The molecule has 2 rings (SSSR count). The van der Waals surface area contributed by atoms with Gasteiger partial charge in [0.05, 0.1) is 11.4 Å². The van der Waals surface area contributed by atoms with Crippen LogP contribution in [0.2, 0.25) is 0 Å². The van der Waals surface area contributed by atoms with Crippen molar-refractivity contribution in [2.45, 2.75) is 6.42 Å². The second kappa shape index (κ2) is 4.80. The molecule has 0 aliphatic heterocycles. The Bertz CT molecular complexity index is 491. The Morgan fingerprint density at radius 1 is 1.38 bits per heavy atom.